The van der Waals surface area contributed by atoms with Gasteiger partial charge in [0.1, 0.15) is 0 Å². The Balaban J connectivity index is 2.72. The highest BCUT2D eigenvalue weighted by molar-refractivity contribution is 5.93. The standard InChI is InChI=1S/C14H19NO3/c1-3-10(2)11-6-4-5-7-12(11)15-13(16)8-9-14(17)18/h4-7,10H,3,8-9H2,1-2H3,(H,15,16)(H,17,18). The third-order valence-corrected chi connectivity index (χ3v) is 2.94. The Labute approximate surface area is 107 Å². The lowest BCUT2D eigenvalue weighted by Crippen LogP contribution is -2.14. The van der Waals surface area contributed by atoms with Crippen molar-refractivity contribution in [2.45, 2.75) is 39.0 Å². The Morgan fingerprint density at radius 1 is 1.28 bits per heavy atom. The zero-order chi connectivity index (χ0) is 13.5. The molecule has 1 atom stereocenters. The van der Waals surface area contributed by atoms with E-state index in [1.165, 1.54) is 0 Å². The molecule has 0 spiro atoms. The van der Waals surface area contributed by atoms with Gasteiger partial charge in [-0.3, -0.25) is 9.59 Å². The summed E-state index contributed by atoms with van der Waals surface area (Å²) in [5, 5.41) is 11.3. The number of carboxylic acid groups (broad SMARTS) is 1. The number of hydrogen-bond acceptors (Lipinski definition) is 2. The summed E-state index contributed by atoms with van der Waals surface area (Å²) in [5.74, 6) is -0.852. The molecular weight excluding hydrogens is 230 g/mol. The van der Waals surface area contributed by atoms with Gasteiger partial charge in [-0.2, -0.15) is 0 Å². The molecule has 2 N–H and O–H groups in total. The molecule has 0 saturated carbocycles. The molecule has 4 heteroatoms. The van der Waals surface area contributed by atoms with E-state index in [9.17, 15) is 9.59 Å². The van der Waals surface area contributed by atoms with Crippen molar-refractivity contribution in [2.75, 3.05) is 5.32 Å². The number of carbonyl (C=O) groups excluding carboxylic acids is 1. The molecule has 18 heavy (non-hydrogen) atoms. The average Bonchev–Trinajstić information content (AvgIpc) is 2.36. The molecule has 0 aliphatic carbocycles. The van der Waals surface area contributed by atoms with E-state index in [4.69, 9.17) is 5.11 Å². The summed E-state index contributed by atoms with van der Waals surface area (Å²) in [6.07, 6.45) is 0.851. The first kappa shape index (κ1) is 14.2. The Kier molecular flexibility index (Phi) is 5.36. The number of hydrogen-bond donors (Lipinski definition) is 2. The number of carboxylic acids is 1. The Hall–Kier alpha value is -1.84. The molecule has 4 nitrogen and oxygen atoms in total. The number of benzene rings is 1. The number of aliphatic carboxylic acids is 1. The summed E-state index contributed by atoms with van der Waals surface area (Å²) in [4.78, 5) is 22.0. The highest BCUT2D eigenvalue weighted by atomic mass is 16.4. The largest absolute Gasteiger partial charge is 0.481 e. The molecule has 0 radical (unpaired) electrons. The van der Waals surface area contributed by atoms with Crippen molar-refractivity contribution in [1.82, 2.24) is 0 Å². The second-order valence-electron chi connectivity index (χ2n) is 4.34. The molecule has 1 amide bonds. The van der Waals surface area contributed by atoms with Crippen LogP contribution in [0.2, 0.25) is 0 Å². The number of rotatable bonds is 6. The van der Waals surface area contributed by atoms with Gasteiger partial charge in [0, 0.05) is 12.1 Å². The third kappa shape index (κ3) is 4.20. The molecule has 1 aromatic carbocycles. The highest BCUT2D eigenvalue weighted by Crippen LogP contribution is 2.26. The van der Waals surface area contributed by atoms with Crippen LogP contribution in [0, 0.1) is 0 Å². The highest BCUT2D eigenvalue weighted by Gasteiger charge is 2.11. The zero-order valence-corrected chi connectivity index (χ0v) is 10.8. The normalized spacial score (nSPS) is 11.9. The molecule has 0 saturated heterocycles. The van der Waals surface area contributed by atoms with E-state index >= 15 is 0 Å². The maximum Gasteiger partial charge on any atom is 0.303 e. The molecule has 1 rings (SSSR count). The molecule has 0 heterocycles. The number of amides is 1. The lowest BCUT2D eigenvalue weighted by atomic mass is 9.97. The molecule has 0 aromatic heterocycles. The van der Waals surface area contributed by atoms with Crippen LogP contribution >= 0.6 is 0 Å². The van der Waals surface area contributed by atoms with Crippen LogP contribution in [0.1, 0.15) is 44.6 Å². The molecule has 0 aliphatic rings. The second kappa shape index (κ2) is 6.79. The van der Waals surface area contributed by atoms with Gasteiger partial charge >= 0.3 is 5.97 Å². The molecular formula is C14H19NO3. The first-order valence-corrected chi connectivity index (χ1v) is 6.15. The smallest absolute Gasteiger partial charge is 0.303 e. The molecule has 0 fully saturated rings. The summed E-state index contributed by atoms with van der Waals surface area (Å²) in [6, 6.07) is 7.63. The maximum atomic E-state index is 11.6. The summed E-state index contributed by atoms with van der Waals surface area (Å²) in [7, 11) is 0. The number of nitrogens with one attached hydrogen (secondary N) is 1. The number of para-hydroxylation sites is 1. The van der Waals surface area contributed by atoms with Gasteiger partial charge in [-0.15, -0.1) is 0 Å². The van der Waals surface area contributed by atoms with Crippen molar-refractivity contribution < 1.29 is 14.7 Å². The topological polar surface area (TPSA) is 66.4 Å². The van der Waals surface area contributed by atoms with Crippen LogP contribution in [0.25, 0.3) is 0 Å². The predicted octanol–water partition coefficient (Wildman–Crippen LogP) is 3.00. The van der Waals surface area contributed by atoms with Gasteiger partial charge in [-0.05, 0) is 24.0 Å². The first-order chi connectivity index (χ1) is 8.54. The van der Waals surface area contributed by atoms with Crippen molar-refractivity contribution in [2.24, 2.45) is 0 Å². The monoisotopic (exact) mass is 249 g/mol. The van der Waals surface area contributed by atoms with Crippen molar-refractivity contribution >= 4 is 17.6 Å². The molecule has 0 aliphatic heterocycles. The van der Waals surface area contributed by atoms with Crippen molar-refractivity contribution in [3.8, 4) is 0 Å². The van der Waals surface area contributed by atoms with E-state index in [1.54, 1.807) is 0 Å². The number of anilines is 1. The van der Waals surface area contributed by atoms with E-state index in [0.29, 0.717) is 5.92 Å². The van der Waals surface area contributed by atoms with Crippen LogP contribution in [0.3, 0.4) is 0 Å². The summed E-state index contributed by atoms with van der Waals surface area (Å²) < 4.78 is 0. The predicted molar refractivity (Wildman–Crippen MR) is 70.6 cm³/mol. The van der Waals surface area contributed by atoms with Gasteiger partial charge in [0.25, 0.3) is 0 Å². The van der Waals surface area contributed by atoms with Crippen LogP contribution in [0.4, 0.5) is 5.69 Å². The third-order valence-electron chi connectivity index (χ3n) is 2.94. The average molecular weight is 249 g/mol. The second-order valence-corrected chi connectivity index (χ2v) is 4.34. The van der Waals surface area contributed by atoms with E-state index in [1.807, 2.05) is 24.3 Å². The van der Waals surface area contributed by atoms with Crippen LogP contribution < -0.4 is 5.32 Å². The zero-order valence-electron chi connectivity index (χ0n) is 10.8. The summed E-state index contributed by atoms with van der Waals surface area (Å²) >= 11 is 0. The Morgan fingerprint density at radius 2 is 1.94 bits per heavy atom. The maximum absolute atomic E-state index is 11.6. The van der Waals surface area contributed by atoms with E-state index < -0.39 is 5.97 Å². The Bertz CT molecular complexity index is 429. The van der Waals surface area contributed by atoms with Crippen molar-refractivity contribution in [3.05, 3.63) is 29.8 Å². The van der Waals surface area contributed by atoms with E-state index in [-0.39, 0.29) is 18.7 Å². The van der Waals surface area contributed by atoms with Gasteiger partial charge in [-0.25, -0.2) is 0 Å². The summed E-state index contributed by atoms with van der Waals surface area (Å²) in [5.41, 5.74) is 1.87. The first-order valence-electron chi connectivity index (χ1n) is 6.15. The van der Waals surface area contributed by atoms with Crippen molar-refractivity contribution in [1.29, 1.82) is 0 Å². The van der Waals surface area contributed by atoms with Crippen LogP contribution in [-0.2, 0) is 9.59 Å². The lowest BCUT2D eigenvalue weighted by molar-refractivity contribution is -0.138. The lowest BCUT2D eigenvalue weighted by Gasteiger charge is -2.15. The fourth-order valence-electron chi connectivity index (χ4n) is 1.69. The van der Waals surface area contributed by atoms with Crippen molar-refractivity contribution in [3.63, 3.8) is 0 Å². The van der Waals surface area contributed by atoms with Gasteiger partial charge in [-0.1, -0.05) is 32.0 Å². The minimum Gasteiger partial charge on any atom is -0.481 e. The minimum atomic E-state index is -0.958. The molecule has 1 unspecified atom stereocenters. The van der Waals surface area contributed by atoms with Gasteiger partial charge < -0.3 is 10.4 Å². The molecule has 1 aromatic rings. The minimum absolute atomic E-state index is 0.00414. The van der Waals surface area contributed by atoms with Gasteiger partial charge in [0.05, 0.1) is 6.42 Å². The fraction of sp³-hybridized carbons (Fsp3) is 0.429. The van der Waals surface area contributed by atoms with Crippen LogP contribution in [0.15, 0.2) is 24.3 Å². The van der Waals surface area contributed by atoms with E-state index in [2.05, 4.69) is 19.2 Å². The van der Waals surface area contributed by atoms with Crippen LogP contribution in [0.5, 0.6) is 0 Å². The molecule has 98 valence electrons. The summed E-state index contributed by atoms with van der Waals surface area (Å²) in [6.45, 7) is 4.19. The van der Waals surface area contributed by atoms with Gasteiger partial charge in [0.15, 0.2) is 0 Å². The SMILES string of the molecule is CCC(C)c1ccccc1NC(=O)CCC(=O)O. The molecule has 0 bridgehead atoms. The Morgan fingerprint density at radius 3 is 2.56 bits per heavy atom. The fourth-order valence-corrected chi connectivity index (χ4v) is 1.69. The van der Waals surface area contributed by atoms with Crippen LogP contribution in [-0.4, -0.2) is 17.0 Å². The van der Waals surface area contributed by atoms with E-state index in [0.717, 1.165) is 17.7 Å². The quantitative estimate of drug-likeness (QED) is 0.814. The van der Waals surface area contributed by atoms with Gasteiger partial charge in [0.2, 0.25) is 5.91 Å². The number of carbonyl (C=O) groups is 2.